The molecule has 0 aliphatic carbocycles. The van der Waals surface area contributed by atoms with Gasteiger partial charge >= 0.3 is 5.97 Å². The van der Waals surface area contributed by atoms with Crippen LogP contribution in [0.4, 0.5) is 0 Å². The van der Waals surface area contributed by atoms with Crippen LogP contribution in [0.5, 0.6) is 11.5 Å². The molecule has 0 saturated carbocycles. The third kappa shape index (κ3) is 1.88. The summed E-state index contributed by atoms with van der Waals surface area (Å²) in [5, 5.41) is 25.1. The van der Waals surface area contributed by atoms with Crippen molar-refractivity contribution < 1.29 is 19.7 Å². The summed E-state index contributed by atoms with van der Waals surface area (Å²) in [7, 11) is 1.51. The number of phenolic OH excluding ortho intramolecular Hbond substituents is 1. The zero-order valence-corrected chi connectivity index (χ0v) is 9.89. The van der Waals surface area contributed by atoms with E-state index in [0.29, 0.717) is 22.6 Å². The van der Waals surface area contributed by atoms with Crippen molar-refractivity contribution in [3.8, 4) is 22.8 Å². The zero-order valence-electron chi connectivity index (χ0n) is 9.89. The van der Waals surface area contributed by atoms with Gasteiger partial charge in [0.2, 0.25) is 0 Å². The minimum atomic E-state index is -1.10. The first-order valence-electron chi connectivity index (χ1n) is 5.20. The minimum absolute atomic E-state index is 0.0257. The van der Waals surface area contributed by atoms with Crippen molar-refractivity contribution in [1.82, 2.24) is 10.2 Å². The topological polar surface area (TPSA) is 95.4 Å². The molecular formula is C12H12N2O4. The van der Waals surface area contributed by atoms with Crippen molar-refractivity contribution >= 4 is 5.97 Å². The molecule has 0 atom stereocenters. The number of H-pyrrole nitrogens is 1. The highest BCUT2D eigenvalue weighted by Gasteiger charge is 2.15. The fourth-order valence-electron chi connectivity index (χ4n) is 1.68. The van der Waals surface area contributed by atoms with E-state index >= 15 is 0 Å². The number of aromatic nitrogens is 2. The van der Waals surface area contributed by atoms with Gasteiger partial charge in [0, 0.05) is 11.1 Å². The van der Waals surface area contributed by atoms with Crippen LogP contribution >= 0.6 is 0 Å². The van der Waals surface area contributed by atoms with Crippen LogP contribution in [0.25, 0.3) is 11.3 Å². The van der Waals surface area contributed by atoms with E-state index in [1.807, 2.05) is 0 Å². The maximum absolute atomic E-state index is 10.7. The molecule has 2 rings (SSSR count). The summed E-state index contributed by atoms with van der Waals surface area (Å²) in [5.74, 6) is -0.512. The molecule has 0 saturated heterocycles. The maximum Gasteiger partial charge on any atom is 0.353 e. The first-order chi connectivity index (χ1) is 8.54. The average Bonchev–Trinajstić information content (AvgIpc) is 2.82. The van der Waals surface area contributed by atoms with Crippen LogP contribution < -0.4 is 4.74 Å². The molecule has 3 N–H and O–H groups in total. The van der Waals surface area contributed by atoms with Crippen molar-refractivity contribution in [1.29, 1.82) is 0 Å². The molecule has 0 aliphatic heterocycles. The molecule has 1 aromatic carbocycles. The molecule has 0 spiro atoms. The number of aromatic hydroxyl groups is 1. The fourth-order valence-corrected chi connectivity index (χ4v) is 1.68. The molecular weight excluding hydrogens is 236 g/mol. The maximum atomic E-state index is 10.7. The third-order valence-electron chi connectivity index (χ3n) is 2.69. The monoisotopic (exact) mass is 248 g/mol. The van der Waals surface area contributed by atoms with Crippen molar-refractivity contribution in [2.45, 2.75) is 6.92 Å². The predicted octanol–water partition coefficient (Wildman–Crippen LogP) is 1.80. The number of carbonyl (C=O) groups is 1. The van der Waals surface area contributed by atoms with E-state index in [0.717, 1.165) is 0 Å². The van der Waals surface area contributed by atoms with Crippen molar-refractivity contribution in [3.05, 3.63) is 29.5 Å². The van der Waals surface area contributed by atoms with Gasteiger partial charge in [0.1, 0.15) is 17.2 Å². The number of carboxylic acid groups (broad SMARTS) is 1. The molecule has 0 bridgehead atoms. The first kappa shape index (κ1) is 12.0. The molecule has 0 aliphatic rings. The smallest absolute Gasteiger partial charge is 0.353 e. The van der Waals surface area contributed by atoms with E-state index < -0.39 is 5.97 Å². The summed E-state index contributed by atoms with van der Waals surface area (Å²) in [6.45, 7) is 1.71. The van der Waals surface area contributed by atoms with Crippen LogP contribution in [-0.2, 0) is 0 Å². The van der Waals surface area contributed by atoms with Crippen molar-refractivity contribution in [2.75, 3.05) is 7.11 Å². The Morgan fingerprint density at radius 3 is 2.72 bits per heavy atom. The van der Waals surface area contributed by atoms with Gasteiger partial charge in [-0.25, -0.2) is 4.79 Å². The van der Waals surface area contributed by atoms with E-state index in [2.05, 4.69) is 10.2 Å². The lowest BCUT2D eigenvalue weighted by Gasteiger charge is -2.09. The van der Waals surface area contributed by atoms with Gasteiger partial charge in [-0.2, -0.15) is 5.10 Å². The third-order valence-corrected chi connectivity index (χ3v) is 2.69. The number of carboxylic acids is 1. The van der Waals surface area contributed by atoms with Crippen LogP contribution in [0.15, 0.2) is 18.2 Å². The molecule has 1 heterocycles. The van der Waals surface area contributed by atoms with Gasteiger partial charge in [0.15, 0.2) is 0 Å². The van der Waals surface area contributed by atoms with Crippen LogP contribution in [0.1, 0.15) is 16.1 Å². The molecule has 0 unspecified atom stereocenters. The molecule has 0 radical (unpaired) electrons. The van der Waals surface area contributed by atoms with Gasteiger partial charge in [0.25, 0.3) is 0 Å². The predicted molar refractivity (Wildman–Crippen MR) is 63.9 cm³/mol. The molecule has 2 aromatic rings. The van der Waals surface area contributed by atoms with Crippen molar-refractivity contribution in [2.24, 2.45) is 0 Å². The lowest BCUT2D eigenvalue weighted by Crippen LogP contribution is -1.95. The van der Waals surface area contributed by atoms with Gasteiger partial charge in [-0.05, 0) is 25.1 Å². The number of benzene rings is 1. The molecule has 6 nitrogen and oxygen atoms in total. The first-order valence-corrected chi connectivity index (χ1v) is 5.20. The molecule has 1 aromatic heterocycles. The number of hydrogen-bond acceptors (Lipinski definition) is 4. The SMILES string of the molecule is COc1ccc(-c2cc(C(=O)O)[nH]n2)c(O)c1C. The Hall–Kier alpha value is -2.50. The molecule has 6 heteroatoms. The Kier molecular flexibility index (Phi) is 2.93. The number of aromatic carboxylic acids is 1. The van der Waals surface area contributed by atoms with Crippen molar-refractivity contribution in [3.63, 3.8) is 0 Å². The molecule has 94 valence electrons. The fraction of sp³-hybridized carbons (Fsp3) is 0.167. The number of hydrogen-bond donors (Lipinski definition) is 3. The number of methoxy groups -OCH3 is 1. The Bertz CT molecular complexity index is 604. The number of aromatic amines is 1. The lowest BCUT2D eigenvalue weighted by atomic mass is 10.1. The van der Waals surface area contributed by atoms with E-state index in [-0.39, 0.29) is 11.4 Å². The van der Waals surface area contributed by atoms with Gasteiger partial charge < -0.3 is 14.9 Å². The van der Waals surface area contributed by atoms with Gasteiger partial charge in [-0.1, -0.05) is 0 Å². The second-order valence-corrected chi connectivity index (χ2v) is 3.76. The van der Waals surface area contributed by atoms with Crippen LogP contribution in [-0.4, -0.2) is 33.5 Å². The second kappa shape index (κ2) is 4.40. The molecule has 18 heavy (non-hydrogen) atoms. The highest BCUT2D eigenvalue weighted by molar-refractivity contribution is 5.87. The molecule has 0 amide bonds. The van der Waals surface area contributed by atoms with Gasteiger partial charge in [-0.3, -0.25) is 5.10 Å². The summed E-state index contributed by atoms with van der Waals surface area (Å²) >= 11 is 0. The highest BCUT2D eigenvalue weighted by atomic mass is 16.5. The summed E-state index contributed by atoms with van der Waals surface area (Å²) < 4.78 is 5.08. The quantitative estimate of drug-likeness (QED) is 0.769. The van der Waals surface area contributed by atoms with Gasteiger partial charge in [0.05, 0.1) is 12.8 Å². The summed E-state index contributed by atoms with van der Waals surface area (Å²) in [6, 6.07) is 4.69. The second-order valence-electron chi connectivity index (χ2n) is 3.76. The van der Waals surface area contributed by atoms with E-state index in [1.54, 1.807) is 19.1 Å². The van der Waals surface area contributed by atoms with E-state index in [1.165, 1.54) is 13.2 Å². The number of ether oxygens (including phenoxy) is 1. The standard InChI is InChI=1S/C12H12N2O4/c1-6-10(18-2)4-3-7(11(6)15)8-5-9(12(16)17)14-13-8/h3-5,15H,1-2H3,(H,13,14)(H,16,17). The highest BCUT2D eigenvalue weighted by Crippen LogP contribution is 2.36. The zero-order chi connectivity index (χ0) is 13.3. The van der Waals surface area contributed by atoms with Crippen LogP contribution in [0.3, 0.4) is 0 Å². The minimum Gasteiger partial charge on any atom is -0.507 e. The number of rotatable bonds is 3. The summed E-state index contributed by atoms with van der Waals surface area (Å²) in [4.78, 5) is 10.7. The Labute approximate surface area is 103 Å². The van der Waals surface area contributed by atoms with Crippen LogP contribution in [0, 0.1) is 6.92 Å². The number of phenols is 1. The van der Waals surface area contributed by atoms with Crippen LogP contribution in [0.2, 0.25) is 0 Å². The average molecular weight is 248 g/mol. The lowest BCUT2D eigenvalue weighted by molar-refractivity contribution is 0.0690. The Balaban J connectivity index is 2.50. The summed E-state index contributed by atoms with van der Waals surface area (Å²) in [6.07, 6.45) is 0. The largest absolute Gasteiger partial charge is 0.507 e. The van der Waals surface area contributed by atoms with Gasteiger partial charge in [-0.15, -0.1) is 0 Å². The number of nitrogens with one attached hydrogen (secondary N) is 1. The summed E-state index contributed by atoms with van der Waals surface area (Å²) in [5.41, 5.74) is 1.38. The normalized spacial score (nSPS) is 10.3. The van der Waals surface area contributed by atoms with E-state index in [4.69, 9.17) is 9.84 Å². The molecule has 0 fully saturated rings. The Morgan fingerprint density at radius 2 is 2.17 bits per heavy atom. The number of nitrogens with zero attached hydrogens (tertiary/aromatic N) is 1. The van der Waals surface area contributed by atoms with E-state index in [9.17, 15) is 9.90 Å². The Morgan fingerprint density at radius 1 is 1.44 bits per heavy atom.